The van der Waals surface area contributed by atoms with Gasteiger partial charge < -0.3 is 15.2 Å². The number of hydrogen-bond acceptors (Lipinski definition) is 7. The van der Waals surface area contributed by atoms with Crippen molar-refractivity contribution in [2.24, 2.45) is 5.73 Å². The van der Waals surface area contributed by atoms with Crippen molar-refractivity contribution in [1.82, 2.24) is 0 Å². The quantitative estimate of drug-likeness (QED) is 0.531. The number of nitriles is 1. The molecule has 11 heteroatoms. The van der Waals surface area contributed by atoms with E-state index in [1.165, 1.54) is 0 Å². The van der Waals surface area contributed by atoms with Crippen molar-refractivity contribution in [3.63, 3.8) is 0 Å². The minimum atomic E-state index is -4.84. The van der Waals surface area contributed by atoms with Crippen LogP contribution in [0, 0.1) is 17.1 Å². The Kier molecular flexibility index (Phi) is 6.63. The number of methoxy groups -OCH3 is 2. The predicted molar refractivity (Wildman–Crippen MR) is 111 cm³/mol. The molecule has 1 unspecified atom stereocenters. The van der Waals surface area contributed by atoms with E-state index in [1.54, 1.807) is 30.3 Å². The highest BCUT2D eigenvalue weighted by atomic mass is 19.4. The van der Waals surface area contributed by atoms with E-state index in [1.807, 2.05) is 6.07 Å². The molecule has 0 aromatic heterocycles. The zero-order valence-electron chi connectivity index (χ0n) is 17.8. The Bertz CT molecular complexity index is 1250. The molecule has 176 valence electrons. The number of alkyl halides is 3. The van der Waals surface area contributed by atoms with Crippen LogP contribution in [0.25, 0.3) is 0 Å². The van der Waals surface area contributed by atoms with Crippen LogP contribution in [0.3, 0.4) is 0 Å². The number of anilines is 1. The van der Waals surface area contributed by atoms with E-state index in [9.17, 15) is 32.4 Å². The fourth-order valence-electron chi connectivity index (χ4n) is 3.63. The summed E-state index contributed by atoms with van der Waals surface area (Å²) in [7, 11) is 2.02. The van der Waals surface area contributed by atoms with Gasteiger partial charge in [-0.05, 0) is 23.8 Å². The molecule has 2 aromatic rings. The van der Waals surface area contributed by atoms with Crippen LogP contribution in [0.1, 0.15) is 17.0 Å². The number of carbonyl (C=O) groups excluding carboxylic acids is 2. The molecule has 1 atom stereocenters. The van der Waals surface area contributed by atoms with E-state index < -0.39 is 58.2 Å². The lowest BCUT2D eigenvalue weighted by Gasteiger charge is -2.36. The third-order valence-electron chi connectivity index (χ3n) is 5.13. The highest BCUT2D eigenvalue weighted by Crippen LogP contribution is 2.44. The van der Waals surface area contributed by atoms with Crippen LogP contribution in [0.15, 0.2) is 71.2 Å². The monoisotopic (exact) mass is 475 g/mol. The van der Waals surface area contributed by atoms with Crippen LogP contribution in [0.4, 0.5) is 23.2 Å². The summed E-state index contributed by atoms with van der Waals surface area (Å²) in [5, 5.41) is 9.88. The summed E-state index contributed by atoms with van der Waals surface area (Å²) in [6.45, 7) is 0. The fraction of sp³-hybridized carbons (Fsp3) is 0.174. The molecule has 7 nitrogen and oxygen atoms in total. The second-order valence-corrected chi connectivity index (χ2v) is 7.00. The Hall–Kier alpha value is -4.33. The molecule has 0 aliphatic carbocycles. The maximum absolute atomic E-state index is 14.9. The summed E-state index contributed by atoms with van der Waals surface area (Å²) in [5.74, 6) is -5.27. The second-order valence-electron chi connectivity index (χ2n) is 7.00. The Balaban J connectivity index is 2.40. The van der Waals surface area contributed by atoms with Crippen LogP contribution >= 0.6 is 0 Å². The molecule has 1 heterocycles. The number of hydrogen-bond donors (Lipinski definition) is 1. The minimum absolute atomic E-state index is 0.213. The van der Waals surface area contributed by atoms with Gasteiger partial charge in [0.25, 0.3) is 0 Å². The van der Waals surface area contributed by atoms with Gasteiger partial charge in [0.2, 0.25) is 0 Å². The molecule has 0 spiro atoms. The molecule has 0 saturated heterocycles. The van der Waals surface area contributed by atoms with Crippen LogP contribution in [-0.4, -0.2) is 26.2 Å². The van der Waals surface area contributed by atoms with Gasteiger partial charge in [0.05, 0.1) is 48.6 Å². The van der Waals surface area contributed by atoms with Crippen molar-refractivity contribution < 1.29 is 36.6 Å². The highest BCUT2D eigenvalue weighted by molar-refractivity contribution is 6.06. The second kappa shape index (κ2) is 9.27. The van der Waals surface area contributed by atoms with Gasteiger partial charge in [0.1, 0.15) is 17.3 Å². The number of nitrogens with two attached hydrogens (primary N) is 1. The van der Waals surface area contributed by atoms with Crippen LogP contribution in [-0.2, 0) is 25.2 Å². The predicted octanol–water partition coefficient (Wildman–Crippen LogP) is 3.74. The zero-order chi connectivity index (χ0) is 25.2. The van der Waals surface area contributed by atoms with Crippen molar-refractivity contribution in [3.8, 4) is 6.07 Å². The molecule has 2 N–H and O–H groups in total. The third kappa shape index (κ3) is 4.17. The number of benzene rings is 2. The number of ether oxygens (including phenoxy) is 2. The van der Waals surface area contributed by atoms with Gasteiger partial charge in [-0.25, -0.2) is 14.0 Å². The Morgan fingerprint density at radius 3 is 2.18 bits per heavy atom. The third-order valence-corrected chi connectivity index (χ3v) is 5.13. The highest BCUT2D eigenvalue weighted by Gasteiger charge is 2.44. The molecule has 0 amide bonds. The Labute approximate surface area is 191 Å². The van der Waals surface area contributed by atoms with Gasteiger partial charge in [0.15, 0.2) is 0 Å². The molecule has 1 aliphatic rings. The number of halogens is 4. The van der Waals surface area contributed by atoms with Gasteiger partial charge in [-0.2, -0.15) is 18.4 Å². The fourth-order valence-corrected chi connectivity index (χ4v) is 3.63. The van der Waals surface area contributed by atoms with Gasteiger partial charge in [0, 0.05) is 0 Å². The van der Waals surface area contributed by atoms with E-state index in [0.717, 1.165) is 20.3 Å². The molecular weight excluding hydrogens is 458 g/mol. The lowest BCUT2D eigenvalue weighted by molar-refractivity contribution is -0.139. The standard InChI is InChI=1S/C23H17F4N3O4/c1-33-21(31)18-17(12-6-4-3-5-7-12)14(11-28)20(29)30(19(18)22(32)34-2)16-9-8-13(10-15(16)24)23(25,26)27/h3-10,17H,29H2,1-2H3. The van der Waals surface area contributed by atoms with Crippen LogP contribution in [0.2, 0.25) is 0 Å². The van der Waals surface area contributed by atoms with E-state index in [4.69, 9.17) is 15.2 Å². The van der Waals surface area contributed by atoms with Crippen molar-refractivity contribution in [3.05, 3.63) is 88.1 Å². The normalized spacial score (nSPS) is 16.3. The summed E-state index contributed by atoms with van der Waals surface area (Å²) < 4.78 is 63.7. The first-order chi connectivity index (χ1) is 16.1. The first-order valence-corrected chi connectivity index (χ1v) is 9.59. The first-order valence-electron chi connectivity index (χ1n) is 9.59. The largest absolute Gasteiger partial charge is 0.466 e. The summed E-state index contributed by atoms with van der Waals surface area (Å²) >= 11 is 0. The molecule has 0 saturated carbocycles. The molecule has 2 aromatic carbocycles. The van der Waals surface area contributed by atoms with E-state index in [-0.39, 0.29) is 11.6 Å². The summed E-state index contributed by atoms with van der Waals surface area (Å²) in [6.07, 6.45) is -4.84. The van der Waals surface area contributed by atoms with Crippen LogP contribution < -0.4 is 10.6 Å². The zero-order valence-corrected chi connectivity index (χ0v) is 17.8. The van der Waals surface area contributed by atoms with Gasteiger partial charge >= 0.3 is 18.1 Å². The number of allylic oxidation sites excluding steroid dienone is 1. The summed E-state index contributed by atoms with van der Waals surface area (Å²) in [6, 6.07) is 11.4. The maximum Gasteiger partial charge on any atom is 0.416 e. The molecule has 1 aliphatic heterocycles. The average molecular weight is 475 g/mol. The number of carbonyl (C=O) groups is 2. The van der Waals surface area contributed by atoms with Crippen molar-refractivity contribution >= 4 is 17.6 Å². The smallest absolute Gasteiger partial charge is 0.416 e. The topological polar surface area (TPSA) is 106 Å². The Morgan fingerprint density at radius 1 is 1.06 bits per heavy atom. The van der Waals surface area contributed by atoms with Crippen molar-refractivity contribution in [1.29, 1.82) is 5.26 Å². The van der Waals surface area contributed by atoms with Gasteiger partial charge in [-0.3, -0.25) is 4.90 Å². The lowest BCUT2D eigenvalue weighted by Crippen LogP contribution is -2.41. The first kappa shape index (κ1) is 24.3. The SMILES string of the molecule is COC(=O)C1=C(C(=O)OC)N(c2ccc(C(F)(F)F)cc2F)C(N)=C(C#N)C1c1ccccc1. The molecular formula is C23H17F4N3O4. The summed E-state index contributed by atoms with van der Waals surface area (Å²) in [5.41, 5.74) is 3.42. The summed E-state index contributed by atoms with van der Waals surface area (Å²) in [4.78, 5) is 26.4. The van der Waals surface area contributed by atoms with Crippen LogP contribution in [0.5, 0.6) is 0 Å². The molecule has 0 radical (unpaired) electrons. The lowest BCUT2D eigenvalue weighted by atomic mass is 9.81. The minimum Gasteiger partial charge on any atom is -0.466 e. The van der Waals surface area contributed by atoms with Crippen molar-refractivity contribution in [2.75, 3.05) is 19.1 Å². The van der Waals surface area contributed by atoms with Crippen molar-refractivity contribution in [2.45, 2.75) is 12.1 Å². The number of esters is 2. The van der Waals surface area contributed by atoms with E-state index >= 15 is 0 Å². The number of nitrogens with zero attached hydrogens (tertiary/aromatic N) is 2. The molecule has 0 bridgehead atoms. The average Bonchev–Trinajstić information content (AvgIpc) is 2.82. The Morgan fingerprint density at radius 2 is 1.68 bits per heavy atom. The van der Waals surface area contributed by atoms with Gasteiger partial charge in [-0.1, -0.05) is 30.3 Å². The van der Waals surface area contributed by atoms with E-state index in [0.29, 0.717) is 16.5 Å². The molecule has 3 rings (SSSR count). The number of rotatable bonds is 4. The molecule has 0 fully saturated rings. The van der Waals surface area contributed by atoms with E-state index in [2.05, 4.69) is 0 Å². The maximum atomic E-state index is 14.9. The van der Waals surface area contributed by atoms with Gasteiger partial charge in [-0.15, -0.1) is 0 Å². The molecule has 34 heavy (non-hydrogen) atoms.